The van der Waals surface area contributed by atoms with Gasteiger partial charge in [0.1, 0.15) is 0 Å². The molecule has 0 aliphatic heterocycles. The molecule has 3 aromatic heterocycles. The molecule has 1 unspecified atom stereocenters. The Kier molecular flexibility index (Phi) is 6.72. The van der Waals surface area contributed by atoms with E-state index in [4.69, 9.17) is 0 Å². The van der Waals surface area contributed by atoms with Crippen molar-refractivity contribution in [1.29, 1.82) is 0 Å². The molecule has 0 aliphatic carbocycles. The summed E-state index contributed by atoms with van der Waals surface area (Å²) in [5.41, 5.74) is 0.708. The van der Waals surface area contributed by atoms with Crippen molar-refractivity contribution in [2.24, 2.45) is 0 Å². The Bertz CT molecular complexity index is 1250. The van der Waals surface area contributed by atoms with Crippen LogP contribution in [-0.4, -0.2) is 30.8 Å². The second-order valence-corrected chi connectivity index (χ2v) is 9.31. The zero-order valence-electron chi connectivity index (χ0n) is 17.6. The van der Waals surface area contributed by atoms with Crippen LogP contribution >= 0.6 is 23.1 Å². The lowest BCUT2D eigenvalue weighted by Crippen LogP contribution is -2.27. The summed E-state index contributed by atoms with van der Waals surface area (Å²) in [4.78, 5) is 26.7. The van der Waals surface area contributed by atoms with Crippen molar-refractivity contribution in [1.82, 2.24) is 24.5 Å². The normalized spacial score (nSPS) is 12.5. The van der Waals surface area contributed by atoms with Gasteiger partial charge in [-0.2, -0.15) is 0 Å². The number of carbonyl (C=O) groups excluding carboxylic acids is 1. The van der Waals surface area contributed by atoms with E-state index in [1.807, 2.05) is 53.1 Å². The molecule has 0 aliphatic rings. The first-order valence-corrected chi connectivity index (χ1v) is 12.3. The minimum atomic E-state index is -0.0665. The average molecular weight is 456 g/mol. The van der Waals surface area contributed by atoms with Crippen LogP contribution in [0.2, 0.25) is 0 Å². The fourth-order valence-electron chi connectivity index (χ4n) is 3.57. The van der Waals surface area contributed by atoms with Crippen LogP contribution in [0, 0.1) is 0 Å². The zero-order valence-corrected chi connectivity index (χ0v) is 19.2. The average Bonchev–Trinajstić information content (AvgIpc) is 3.45. The Morgan fingerprint density at radius 1 is 1.19 bits per heavy atom. The van der Waals surface area contributed by atoms with E-state index in [1.165, 1.54) is 11.8 Å². The monoisotopic (exact) mass is 455 g/mol. The van der Waals surface area contributed by atoms with Gasteiger partial charge in [-0.1, -0.05) is 49.7 Å². The van der Waals surface area contributed by atoms with Gasteiger partial charge >= 0.3 is 0 Å². The number of carbonyl (C=O) groups is 1. The lowest BCUT2D eigenvalue weighted by Gasteiger charge is -2.12. The van der Waals surface area contributed by atoms with Crippen LogP contribution in [0.3, 0.4) is 0 Å². The predicted octanol–water partition coefficient (Wildman–Crippen LogP) is 4.27. The molecule has 7 nitrogen and oxygen atoms in total. The van der Waals surface area contributed by atoms with E-state index in [0.717, 1.165) is 29.7 Å². The summed E-state index contributed by atoms with van der Waals surface area (Å²) in [6.07, 6.45) is 3.03. The first-order chi connectivity index (χ1) is 15.1. The first-order valence-electron chi connectivity index (χ1n) is 10.4. The Hall–Kier alpha value is -2.65. The van der Waals surface area contributed by atoms with Crippen molar-refractivity contribution in [3.63, 3.8) is 0 Å². The van der Waals surface area contributed by atoms with Gasteiger partial charge in [0.25, 0.3) is 5.56 Å². The van der Waals surface area contributed by atoms with Gasteiger partial charge in [-0.15, -0.1) is 21.5 Å². The number of unbranched alkanes of at least 4 members (excludes halogenated alkanes) is 2. The number of aromatic nitrogens is 4. The minimum absolute atomic E-state index is 0.0344. The fraction of sp³-hybridized carbons (Fsp3) is 0.364. The lowest BCUT2D eigenvalue weighted by atomic mass is 10.2. The SMILES string of the molecule is CCCCCn1c(=O)c2ccccc2n2c(SCC(=O)NC(C)c3cccs3)nnc12. The molecule has 0 saturated carbocycles. The number of amides is 1. The van der Waals surface area contributed by atoms with E-state index in [0.29, 0.717) is 22.9 Å². The summed E-state index contributed by atoms with van der Waals surface area (Å²) < 4.78 is 3.59. The summed E-state index contributed by atoms with van der Waals surface area (Å²) in [5.74, 6) is 0.678. The molecule has 0 saturated heterocycles. The second kappa shape index (κ2) is 9.65. The van der Waals surface area contributed by atoms with E-state index in [-0.39, 0.29) is 23.3 Å². The highest BCUT2D eigenvalue weighted by Crippen LogP contribution is 2.23. The molecule has 0 fully saturated rings. The largest absolute Gasteiger partial charge is 0.348 e. The van der Waals surface area contributed by atoms with Crippen LogP contribution in [0.5, 0.6) is 0 Å². The standard InChI is InChI=1S/C22H25N5O2S2/c1-3-4-7-12-26-20(29)16-9-5-6-10-17(16)27-21(26)24-25-22(27)31-14-19(28)23-15(2)18-11-8-13-30-18/h5-6,8-11,13,15H,3-4,7,12,14H2,1-2H3,(H,23,28). The number of nitrogens with zero attached hydrogens (tertiary/aromatic N) is 4. The maximum atomic E-state index is 13.1. The molecule has 0 bridgehead atoms. The lowest BCUT2D eigenvalue weighted by molar-refractivity contribution is -0.119. The van der Waals surface area contributed by atoms with Crippen LogP contribution < -0.4 is 10.9 Å². The highest BCUT2D eigenvalue weighted by atomic mass is 32.2. The molecule has 1 aromatic carbocycles. The highest BCUT2D eigenvalue weighted by molar-refractivity contribution is 7.99. The van der Waals surface area contributed by atoms with E-state index in [1.54, 1.807) is 15.9 Å². The van der Waals surface area contributed by atoms with Gasteiger partial charge < -0.3 is 5.32 Å². The van der Waals surface area contributed by atoms with Crippen LogP contribution in [0.25, 0.3) is 16.7 Å². The third-order valence-corrected chi connectivity index (χ3v) is 7.13. The van der Waals surface area contributed by atoms with Crippen molar-refractivity contribution in [3.8, 4) is 0 Å². The number of hydrogen-bond donors (Lipinski definition) is 1. The highest BCUT2D eigenvalue weighted by Gasteiger charge is 2.18. The quantitative estimate of drug-likeness (QED) is 0.301. The Morgan fingerprint density at radius 2 is 2.03 bits per heavy atom. The van der Waals surface area contributed by atoms with E-state index in [9.17, 15) is 9.59 Å². The maximum Gasteiger partial charge on any atom is 0.262 e. The number of thioether (sulfide) groups is 1. The summed E-state index contributed by atoms with van der Waals surface area (Å²) in [7, 11) is 0. The zero-order chi connectivity index (χ0) is 21.8. The van der Waals surface area contributed by atoms with Gasteiger partial charge in [0.2, 0.25) is 11.7 Å². The number of nitrogens with one attached hydrogen (secondary N) is 1. The molecule has 1 atom stereocenters. The first kappa shape index (κ1) is 21.6. The van der Waals surface area contributed by atoms with Crippen molar-refractivity contribution in [2.75, 3.05) is 5.75 Å². The van der Waals surface area contributed by atoms with Gasteiger partial charge in [0.05, 0.1) is 22.7 Å². The molecule has 9 heteroatoms. The second-order valence-electron chi connectivity index (χ2n) is 7.39. The number of benzene rings is 1. The Morgan fingerprint density at radius 3 is 2.81 bits per heavy atom. The smallest absolute Gasteiger partial charge is 0.262 e. The van der Waals surface area contributed by atoms with Crippen molar-refractivity contribution < 1.29 is 4.79 Å². The molecule has 0 radical (unpaired) electrons. The summed E-state index contributed by atoms with van der Waals surface area (Å²) in [6, 6.07) is 11.4. The van der Waals surface area contributed by atoms with Crippen LogP contribution in [0.1, 0.15) is 44.0 Å². The summed E-state index contributed by atoms with van der Waals surface area (Å²) >= 11 is 2.95. The predicted molar refractivity (Wildman–Crippen MR) is 126 cm³/mol. The number of fused-ring (bicyclic) bond motifs is 3. The van der Waals surface area contributed by atoms with Crippen molar-refractivity contribution >= 4 is 45.7 Å². The minimum Gasteiger partial charge on any atom is -0.348 e. The Labute approximate surface area is 188 Å². The molecule has 31 heavy (non-hydrogen) atoms. The number of hydrogen-bond acceptors (Lipinski definition) is 6. The van der Waals surface area contributed by atoms with E-state index < -0.39 is 0 Å². The van der Waals surface area contributed by atoms with Gasteiger partial charge in [-0.05, 0) is 36.9 Å². The number of aryl methyl sites for hydroxylation is 1. The molecule has 4 aromatic rings. The van der Waals surface area contributed by atoms with Gasteiger partial charge in [0.15, 0.2) is 5.16 Å². The molecule has 4 rings (SSSR count). The molecule has 3 heterocycles. The molecule has 1 amide bonds. The van der Waals surface area contributed by atoms with E-state index >= 15 is 0 Å². The summed E-state index contributed by atoms with van der Waals surface area (Å²) in [6.45, 7) is 4.71. The van der Waals surface area contributed by atoms with Crippen LogP contribution in [0.4, 0.5) is 0 Å². The van der Waals surface area contributed by atoms with E-state index in [2.05, 4.69) is 22.4 Å². The molecule has 0 spiro atoms. The van der Waals surface area contributed by atoms with Crippen molar-refractivity contribution in [2.45, 2.75) is 50.9 Å². The van der Waals surface area contributed by atoms with Crippen molar-refractivity contribution in [3.05, 3.63) is 57.0 Å². The number of para-hydroxylation sites is 1. The van der Waals surface area contributed by atoms with Gasteiger partial charge in [0, 0.05) is 11.4 Å². The van der Waals surface area contributed by atoms with Gasteiger partial charge in [-0.3, -0.25) is 18.6 Å². The third-order valence-electron chi connectivity index (χ3n) is 5.14. The number of rotatable bonds is 9. The summed E-state index contributed by atoms with van der Waals surface area (Å²) in [5, 5.41) is 14.9. The molecule has 1 N–H and O–H groups in total. The third kappa shape index (κ3) is 4.52. The van der Waals surface area contributed by atoms with Crippen LogP contribution in [0.15, 0.2) is 51.7 Å². The molecular formula is C22H25N5O2S2. The van der Waals surface area contributed by atoms with Crippen LogP contribution in [-0.2, 0) is 11.3 Å². The Balaban J connectivity index is 1.61. The maximum absolute atomic E-state index is 13.1. The fourth-order valence-corrected chi connectivity index (χ4v) is 5.06. The number of thiophene rings is 1. The topological polar surface area (TPSA) is 81.3 Å². The van der Waals surface area contributed by atoms with Gasteiger partial charge in [-0.25, -0.2) is 0 Å². The molecular weight excluding hydrogens is 430 g/mol. The molecule has 162 valence electrons.